The summed E-state index contributed by atoms with van der Waals surface area (Å²) in [6.45, 7) is 1.55. The first-order valence-corrected chi connectivity index (χ1v) is 14.9. The number of aryl methyl sites for hydroxylation is 1. The van der Waals surface area contributed by atoms with Crippen LogP contribution < -0.4 is 5.32 Å². The van der Waals surface area contributed by atoms with Crippen LogP contribution in [0.5, 0.6) is 0 Å². The summed E-state index contributed by atoms with van der Waals surface area (Å²) in [6, 6.07) is 2.04. The molecule has 2 bridgehead atoms. The number of pyridine rings is 1. The average molecular weight is 584 g/mol. The second-order valence-electron chi connectivity index (χ2n) is 13.4. The van der Waals surface area contributed by atoms with Gasteiger partial charge in [-0.1, -0.05) is 5.16 Å². The van der Waals surface area contributed by atoms with Crippen LogP contribution in [-0.2, 0) is 4.79 Å². The van der Waals surface area contributed by atoms with E-state index in [9.17, 15) is 22.8 Å². The number of nitrogens with zero attached hydrogens (tertiary/aromatic N) is 5. The molecular weight excluding hydrogens is 551 g/mol. The highest BCUT2D eigenvalue weighted by Gasteiger charge is 2.74. The third kappa shape index (κ3) is 4.21. The number of carbonyl (C=O) groups is 2. The maximum absolute atomic E-state index is 14.7. The van der Waals surface area contributed by atoms with Crippen molar-refractivity contribution < 1.29 is 27.4 Å². The third-order valence-corrected chi connectivity index (χ3v) is 10.2. The molecule has 10 nitrogen and oxygen atoms in total. The molecule has 5 saturated carbocycles. The number of alkyl halides is 3. The van der Waals surface area contributed by atoms with E-state index in [0.29, 0.717) is 40.2 Å². The number of aromatic nitrogens is 5. The SMILES string of the molecule is Cc1nonc1C(=O)N[C@H](c1nc2nc([C@H]3CC(F)(F)CCN3C(=O)C34CC(F)(C3)C4)ccc2[nH]1)C(C1CC1)C1CC1. The Hall–Kier alpha value is -3.51. The van der Waals surface area contributed by atoms with Crippen LogP contribution in [0.3, 0.4) is 0 Å². The molecule has 1 aliphatic heterocycles. The number of rotatable bonds is 8. The van der Waals surface area contributed by atoms with E-state index < -0.39 is 47.8 Å². The molecule has 1 saturated heterocycles. The van der Waals surface area contributed by atoms with Crippen molar-refractivity contribution in [1.82, 2.24) is 35.5 Å². The number of amides is 2. The van der Waals surface area contributed by atoms with Gasteiger partial charge in [-0.2, -0.15) is 0 Å². The van der Waals surface area contributed by atoms with E-state index in [0.717, 1.165) is 25.7 Å². The van der Waals surface area contributed by atoms with E-state index in [-0.39, 0.29) is 43.3 Å². The van der Waals surface area contributed by atoms with Crippen molar-refractivity contribution in [3.05, 3.63) is 35.0 Å². The molecule has 2 amide bonds. The minimum Gasteiger partial charge on any atom is -0.340 e. The number of likely N-dealkylation sites (tertiary alicyclic amines) is 1. The lowest BCUT2D eigenvalue weighted by Crippen LogP contribution is -2.71. The molecule has 3 aromatic heterocycles. The largest absolute Gasteiger partial charge is 0.340 e. The molecule has 0 aromatic carbocycles. The van der Waals surface area contributed by atoms with Gasteiger partial charge in [-0.05, 0) is 86.9 Å². The molecule has 222 valence electrons. The molecule has 13 heteroatoms. The maximum Gasteiger partial charge on any atom is 0.276 e. The first-order chi connectivity index (χ1) is 20.0. The first kappa shape index (κ1) is 26.1. The standard InChI is InChI=1S/C29H32F3N7O3/c1-14-21(38-42-37-14)25(40)35-22(20(15-2-3-15)16-4-5-16)24-34-18-7-6-17(33-23(18)36-24)19-10-29(31,32)8-9-39(19)26(41)27-11-28(30,12-27)13-27/h6-7,15-16,19-20,22H,2-5,8-13H2,1H3,(H,35,40)(H,33,34,36)/t19-,22+,27?,28?/m1/s1. The molecule has 0 spiro atoms. The van der Waals surface area contributed by atoms with E-state index in [2.05, 4.69) is 25.6 Å². The van der Waals surface area contributed by atoms with Crippen LogP contribution in [0.15, 0.2) is 16.8 Å². The number of carbonyl (C=O) groups excluding carboxylic acids is 2. The zero-order valence-corrected chi connectivity index (χ0v) is 23.2. The van der Waals surface area contributed by atoms with Gasteiger partial charge in [0.1, 0.15) is 17.2 Å². The second kappa shape index (κ2) is 8.76. The van der Waals surface area contributed by atoms with Crippen molar-refractivity contribution in [3.63, 3.8) is 0 Å². The predicted molar refractivity (Wildman–Crippen MR) is 141 cm³/mol. The molecule has 0 unspecified atom stereocenters. The number of H-pyrrole nitrogens is 1. The van der Waals surface area contributed by atoms with E-state index in [4.69, 9.17) is 9.61 Å². The van der Waals surface area contributed by atoms with Crippen LogP contribution in [0.25, 0.3) is 11.2 Å². The Morgan fingerprint density at radius 2 is 1.79 bits per heavy atom. The summed E-state index contributed by atoms with van der Waals surface area (Å²) in [5.41, 5.74) is -0.236. The Balaban J connectivity index is 1.12. The molecule has 2 N–H and O–H groups in total. The quantitative estimate of drug-likeness (QED) is 0.392. The molecule has 5 aliphatic carbocycles. The van der Waals surface area contributed by atoms with Crippen molar-refractivity contribution in [2.45, 2.75) is 88.4 Å². The summed E-state index contributed by atoms with van der Waals surface area (Å²) in [5, 5.41) is 10.6. The molecule has 2 atom stereocenters. The van der Waals surface area contributed by atoms with Crippen molar-refractivity contribution in [2.24, 2.45) is 23.2 Å². The van der Waals surface area contributed by atoms with Gasteiger partial charge >= 0.3 is 0 Å². The summed E-state index contributed by atoms with van der Waals surface area (Å²) < 4.78 is 48.3. The van der Waals surface area contributed by atoms with Gasteiger partial charge in [0.2, 0.25) is 5.91 Å². The van der Waals surface area contributed by atoms with E-state index >= 15 is 0 Å². The Labute approximate surface area is 239 Å². The van der Waals surface area contributed by atoms with E-state index in [1.165, 1.54) is 4.90 Å². The number of fused-ring (bicyclic) bond motifs is 1. The van der Waals surface area contributed by atoms with E-state index in [1.807, 2.05) is 0 Å². The summed E-state index contributed by atoms with van der Waals surface area (Å²) in [7, 11) is 0. The van der Waals surface area contributed by atoms with Gasteiger partial charge in [0, 0.05) is 19.4 Å². The lowest BCUT2D eigenvalue weighted by Gasteiger charge is -2.65. The number of nitrogens with one attached hydrogen (secondary N) is 2. The average Bonchev–Trinajstić information content (AvgIpc) is 3.84. The lowest BCUT2D eigenvalue weighted by atomic mass is 9.41. The second-order valence-corrected chi connectivity index (χ2v) is 13.4. The molecule has 4 heterocycles. The zero-order chi connectivity index (χ0) is 29.0. The van der Waals surface area contributed by atoms with Crippen LogP contribution in [0.2, 0.25) is 0 Å². The van der Waals surface area contributed by atoms with Gasteiger partial charge in [0.25, 0.3) is 11.8 Å². The van der Waals surface area contributed by atoms with Gasteiger partial charge in [-0.25, -0.2) is 27.8 Å². The molecular formula is C29H32F3N7O3. The molecule has 9 rings (SSSR count). The Bertz CT molecular complexity index is 1560. The molecule has 3 aromatic rings. The van der Waals surface area contributed by atoms with Gasteiger partial charge < -0.3 is 15.2 Å². The fourth-order valence-electron chi connectivity index (χ4n) is 7.78. The number of hydrogen-bond donors (Lipinski definition) is 2. The lowest BCUT2D eigenvalue weighted by molar-refractivity contribution is -0.227. The van der Waals surface area contributed by atoms with Crippen LogP contribution in [0, 0.1) is 30.1 Å². The van der Waals surface area contributed by atoms with Gasteiger partial charge in [0.05, 0.1) is 28.7 Å². The fraction of sp³-hybridized carbons (Fsp3) is 0.655. The van der Waals surface area contributed by atoms with Crippen molar-refractivity contribution >= 4 is 23.0 Å². The third-order valence-electron chi connectivity index (χ3n) is 10.2. The van der Waals surface area contributed by atoms with Gasteiger partial charge in [0.15, 0.2) is 11.3 Å². The van der Waals surface area contributed by atoms with E-state index in [1.54, 1.807) is 19.1 Å². The summed E-state index contributed by atoms with van der Waals surface area (Å²) in [5.74, 6) is -1.91. The topological polar surface area (TPSA) is 130 Å². The highest BCUT2D eigenvalue weighted by atomic mass is 19.3. The van der Waals surface area contributed by atoms with Gasteiger partial charge in [-0.15, -0.1) is 0 Å². The van der Waals surface area contributed by atoms with Crippen LogP contribution in [0.1, 0.15) is 97.6 Å². The van der Waals surface area contributed by atoms with Crippen molar-refractivity contribution in [2.75, 3.05) is 6.54 Å². The predicted octanol–water partition coefficient (Wildman–Crippen LogP) is 4.75. The zero-order valence-electron chi connectivity index (χ0n) is 23.2. The minimum atomic E-state index is -2.94. The van der Waals surface area contributed by atoms with Crippen molar-refractivity contribution in [3.8, 4) is 0 Å². The minimum absolute atomic E-state index is 0.0993. The molecule has 0 radical (unpaired) electrons. The Morgan fingerprint density at radius 3 is 2.40 bits per heavy atom. The fourth-order valence-corrected chi connectivity index (χ4v) is 7.78. The Morgan fingerprint density at radius 1 is 1.07 bits per heavy atom. The smallest absolute Gasteiger partial charge is 0.276 e. The monoisotopic (exact) mass is 583 g/mol. The molecule has 6 fully saturated rings. The highest BCUT2D eigenvalue weighted by Crippen LogP contribution is 2.70. The number of imidazole rings is 1. The number of hydrogen-bond acceptors (Lipinski definition) is 7. The molecule has 6 aliphatic rings. The normalized spacial score (nSPS) is 30.6. The number of aromatic amines is 1. The number of halogens is 3. The van der Waals surface area contributed by atoms with Crippen LogP contribution >= 0.6 is 0 Å². The van der Waals surface area contributed by atoms with Crippen LogP contribution in [-0.4, -0.2) is 60.1 Å². The highest BCUT2D eigenvalue weighted by molar-refractivity contribution is 5.93. The summed E-state index contributed by atoms with van der Waals surface area (Å²) in [4.78, 5) is 41.0. The number of piperidine rings is 1. The van der Waals surface area contributed by atoms with Gasteiger partial charge in [-0.3, -0.25) is 9.59 Å². The Kier molecular flexibility index (Phi) is 5.45. The van der Waals surface area contributed by atoms with Crippen molar-refractivity contribution in [1.29, 1.82) is 0 Å². The van der Waals surface area contributed by atoms with Crippen LogP contribution in [0.4, 0.5) is 13.2 Å². The summed E-state index contributed by atoms with van der Waals surface area (Å²) >= 11 is 0. The summed E-state index contributed by atoms with van der Waals surface area (Å²) in [6.07, 6.45) is 3.91. The first-order valence-electron chi connectivity index (χ1n) is 14.9. The maximum atomic E-state index is 14.7. The molecule has 42 heavy (non-hydrogen) atoms.